The zero-order valence-corrected chi connectivity index (χ0v) is 11.2. The van der Waals surface area contributed by atoms with Crippen LogP contribution in [-0.4, -0.2) is 7.11 Å². The quantitative estimate of drug-likeness (QED) is 0.921. The molecule has 0 fully saturated rings. The van der Waals surface area contributed by atoms with Gasteiger partial charge in [-0.3, -0.25) is 0 Å². The van der Waals surface area contributed by atoms with E-state index in [2.05, 4.69) is 6.07 Å². The molecule has 0 saturated carbocycles. The molecule has 2 N–H and O–H groups in total. The highest BCUT2D eigenvalue weighted by molar-refractivity contribution is 6.28. The largest absolute Gasteiger partial charge is 0.496 e. The highest BCUT2D eigenvalue weighted by atomic mass is 35.5. The van der Waals surface area contributed by atoms with Crippen molar-refractivity contribution >= 4 is 11.6 Å². The summed E-state index contributed by atoms with van der Waals surface area (Å²) in [4.78, 5) is 0. The molecule has 2 rings (SSSR count). The normalized spacial score (nSPS) is 12.4. The first-order chi connectivity index (χ1) is 8.60. The molecule has 1 unspecified atom stereocenters. The summed E-state index contributed by atoms with van der Waals surface area (Å²) in [6, 6.07) is 9.31. The SMILES string of the molecule is COc1ccc(C)cc1CC(N)c1ccc(Cl)o1. The molecule has 0 radical (unpaired) electrons. The van der Waals surface area contributed by atoms with Gasteiger partial charge in [0, 0.05) is 0 Å². The van der Waals surface area contributed by atoms with E-state index in [-0.39, 0.29) is 6.04 Å². The van der Waals surface area contributed by atoms with E-state index in [4.69, 9.17) is 26.5 Å². The van der Waals surface area contributed by atoms with Crippen LogP contribution in [0.2, 0.25) is 5.22 Å². The average molecular weight is 266 g/mol. The van der Waals surface area contributed by atoms with E-state index in [0.29, 0.717) is 17.4 Å². The van der Waals surface area contributed by atoms with Crippen LogP contribution in [0.1, 0.15) is 22.9 Å². The first-order valence-electron chi connectivity index (χ1n) is 5.74. The lowest BCUT2D eigenvalue weighted by Gasteiger charge is -2.13. The Morgan fingerprint density at radius 1 is 1.33 bits per heavy atom. The molecule has 0 saturated heterocycles. The Kier molecular flexibility index (Phi) is 3.94. The van der Waals surface area contributed by atoms with Crippen molar-refractivity contribution in [2.24, 2.45) is 5.73 Å². The minimum absolute atomic E-state index is 0.229. The Morgan fingerprint density at radius 3 is 2.72 bits per heavy atom. The Labute approximate surface area is 111 Å². The van der Waals surface area contributed by atoms with E-state index in [9.17, 15) is 0 Å². The number of furan rings is 1. The van der Waals surface area contributed by atoms with Gasteiger partial charge in [0.2, 0.25) is 0 Å². The molecule has 2 aromatic rings. The first kappa shape index (κ1) is 13.0. The van der Waals surface area contributed by atoms with Gasteiger partial charge in [-0.05, 0) is 48.7 Å². The average Bonchev–Trinajstić information content (AvgIpc) is 2.76. The van der Waals surface area contributed by atoms with Crippen molar-refractivity contribution < 1.29 is 9.15 Å². The molecule has 1 heterocycles. The van der Waals surface area contributed by atoms with Gasteiger partial charge in [0.15, 0.2) is 5.22 Å². The maximum Gasteiger partial charge on any atom is 0.193 e. The molecule has 1 aromatic heterocycles. The van der Waals surface area contributed by atoms with Gasteiger partial charge in [-0.15, -0.1) is 0 Å². The standard InChI is InChI=1S/C14H16ClNO2/c1-9-3-4-12(17-2)10(7-9)8-11(16)13-5-6-14(15)18-13/h3-7,11H,8,16H2,1-2H3. The number of benzene rings is 1. The van der Waals surface area contributed by atoms with Crippen molar-refractivity contribution in [3.05, 3.63) is 52.4 Å². The molecular formula is C14H16ClNO2. The zero-order chi connectivity index (χ0) is 13.1. The number of methoxy groups -OCH3 is 1. The molecule has 1 atom stereocenters. The van der Waals surface area contributed by atoms with Crippen molar-refractivity contribution in [1.82, 2.24) is 0 Å². The predicted octanol–water partition coefficient (Wildman–Crippen LogP) is 3.49. The highest BCUT2D eigenvalue weighted by Gasteiger charge is 2.14. The number of nitrogens with two attached hydrogens (primary N) is 1. The molecule has 3 nitrogen and oxygen atoms in total. The maximum atomic E-state index is 6.11. The van der Waals surface area contributed by atoms with Crippen LogP contribution in [0, 0.1) is 6.92 Å². The fourth-order valence-electron chi connectivity index (χ4n) is 1.93. The number of hydrogen-bond acceptors (Lipinski definition) is 3. The van der Waals surface area contributed by atoms with Gasteiger partial charge in [-0.1, -0.05) is 17.7 Å². The summed E-state index contributed by atoms with van der Waals surface area (Å²) < 4.78 is 10.7. The van der Waals surface area contributed by atoms with Crippen LogP contribution in [0.5, 0.6) is 5.75 Å². The smallest absolute Gasteiger partial charge is 0.193 e. The summed E-state index contributed by atoms with van der Waals surface area (Å²) in [6.07, 6.45) is 0.648. The molecule has 0 spiro atoms. The van der Waals surface area contributed by atoms with E-state index in [1.165, 1.54) is 5.56 Å². The molecule has 96 valence electrons. The predicted molar refractivity (Wildman–Crippen MR) is 72.1 cm³/mol. The van der Waals surface area contributed by atoms with Gasteiger partial charge in [-0.2, -0.15) is 0 Å². The Bertz CT molecular complexity index is 536. The number of ether oxygens (including phenoxy) is 1. The van der Waals surface area contributed by atoms with Gasteiger partial charge in [-0.25, -0.2) is 0 Å². The molecular weight excluding hydrogens is 250 g/mol. The fourth-order valence-corrected chi connectivity index (χ4v) is 2.08. The van der Waals surface area contributed by atoms with Gasteiger partial charge in [0.05, 0.1) is 13.2 Å². The lowest BCUT2D eigenvalue weighted by Crippen LogP contribution is -2.13. The minimum Gasteiger partial charge on any atom is -0.496 e. The summed E-state index contributed by atoms with van der Waals surface area (Å²) in [5.41, 5.74) is 8.35. The van der Waals surface area contributed by atoms with Crippen LogP contribution in [0.4, 0.5) is 0 Å². The van der Waals surface area contributed by atoms with Crippen molar-refractivity contribution in [2.45, 2.75) is 19.4 Å². The molecule has 0 bridgehead atoms. The Hall–Kier alpha value is -1.45. The van der Waals surface area contributed by atoms with Crippen LogP contribution >= 0.6 is 11.6 Å². The third-order valence-corrected chi connectivity index (χ3v) is 3.04. The second-order valence-electron chi connectivity index (χ2n) is 4.27. The molecule has 0 aliphatic rings. The van der Waals surface area contributed by atoms with Crippen LogP contribution in [0.25, 0.3) is 0 Å². The van der Waals surface area contributed by atoms with E-state index < -0.39 is 0 Å². The van der Waals surface area contributed by atoms with Crippen LogP contribution < -0.4 is 10.5 Å². The van der Waals surface area contributed by atoms with Crippen LogP contribution in [-0.2, 0) is 6.42 Å². The summed E-state index contributed by atoms with van der Waals surface area (Å²) in [7, 11) is 1.66. The summed E-state index contributed by atoms with van der Waals surface area (Å²) >= 11 is 5.74. The van der Waals surface area contributed by atoms with E-state index in [0.717, 1.165) is 11.3 Å². The van der Waals surface area contributed by atoms with Crippen molar-refractivity contribution in [2.75, 3.05) is 7.11 Å². The minimum atomic E-state index is -0.229. The van der Waals surface area contributed by atoms with E-state index in [1.807, 2.05) is 19.1 Å². The monoisotopic (exact) mass is 265 g/mol. The van der Waals surface area contributed by atoms with Gasteiger partial charge in [0.1, 0.15) is 11.5 Å². The Balaban J connectivity index is 2.20. The first-order valence-corrected chi connectivity index (χ1v) is 6.12. The van der Waals surface area contributed by atoms with Gasteiger partial charge >= 0.3 is 0 Å². The molecule has 18 heavy (non-hydrogen) atoms. The highest BCUT2D eigenvalue weighted by Crippen LogP contribution is 2.26. The lowest BCUT2D eigenvalue weighted by atomic mass is 10.0. The van der Waals surface area contributed by atoms with E-state index >= 15 is 0 Å². The van der Waals surface area contributed by atoms with Crippen molar-refractivity contribution in [3.8, 4) is 5.75 Å². The van der Waals surface area contributed by atoms with Crippen LogP contribution in [0.3, 0.4) is 0 Å². The number of hydrogen-bond donors (Lipinski definition) is 1. The lowest BCUT2D eigenvalue weighted by molar-refractivity contribution is 0.404. The fraction of sp³-hybridized carbons (Fsp3) is 0.286. The van der Waals surface area contributed by atoms with E-state index in [1.54, 1.807) is 19.2 Å². The Morgan fingerprint density at radius 2 is 2.11 bits per heavy atom. The third kappa shape index (κ3) is 2.86. The number of halogens is 1. The summed E-state index contributed by atoms with van der Waals surface area (Å²) in [5, 5.41) is 0.358. The zero-order valence-electron chi connectivity index (χ0n) is 10.4. The number of rotatable bonds is 4. The second kappa shape index (κ2) is 5.46. The van der Waals surface area contributed by atoms with Crippen molar-refractivity contribution in [1.29, 1.82) is 0 Å². The third-order valence-electron chi connectivity index (χ3n) is 2.84. The maximum absolute atomic E-state index is 6.11. The summed E-state index contributed by atoms with van der Waals surface area (Å²) in [6.45, 7) is 2.04. The molecule has 1 aromatic carbocycles. The van der Waals surface area contributed by atoms with Crippen LogP contribution in [0.15, 0.2) is 34.7 Å². The molecule has 0 amide bonds. The summed E-state index contributed by atoms with van der Waals surface area (Å²) in [5.74, 6) is 1.53. The molecule has 4 heteroatoms. The number of aryl methyl sites for hydroxylation is 1. The second-order valence-corrected chi connectivity index (χ2v) is 4.64. The van der Waals surface area contributed by atoms with Crippen molar-refractivity contribution in [3.63, 3.8) is 0 Å². The topological polar surface area (TPSA) is 48.4 Å². The molecule has 0 aliphatic heterocycles. The van der Waals surface area contributed by atoms with Gasteiger partial charge < -0.3 is 14.9 Å². The molecule has 0 aliphatic carbocycles. The van der Waals surface area contributed by atoms with Gasteiger partial charge in [0.25, 0.3) is 0 Å².